The van der Waals surface area contributed by atoms with Gasteiger partial charge < -0.3 is 11.1 Å². The van der Waals surface area contributed by atoms with E-state index in [4.69, 9.17) is 17.3 Å². The van der Waals surface area contributed by atoms with E-state index in [0.717, 1.165) is 25.5 Å². The van der Waals surface area contributed by atoms with Crippen LogP contribution < -0.4 is 11.1 Å². The summed E-state index contributed by atoms with van der Waals surface area (Å²) >= 11 is 5.66. The summed E-state index contributed by atoms with van der Waals surface area (Å²) in [5.41, 5.74) is 4.55. The molecule has 114 valence electrons. The van der Waals surface area contributed by atoms with Crippen molar-refractivity contribution < 1.29 is 9.72 Å². The Morgan fingerprint density at radius 3 is 2.71 bits per heavy atom. The molecule has 1 heterocycles. The molecule has 9 heteroatoms. The number of nitrogens with two attached hydrogens (primary N) is 1. The van der Waals surface area contributed by atoms with Gasteiger partial charge in [-0.05, 0) is 24.4 Å². The van der Waals surface area contributed by atoms with Crippen LogP contribution in [-0.4, -0.2) is 27.3 Å². The van der Waals surface area contributed by atoms with Gasteiger partial charge >= 0.3 is 5.69 Å². The van der Waals surface area contributed by atoms with Crippen LogP contribution >= 0.6 is 11.6 Å². The van der Waals surface area contributed by atoms with Crippen LogP contribution in [0.1, 0.15) is 32.1 Å². The molecule has 0 aromatic carbocycles. The number of nitrogens with one attached hydrogen (secondary N) is 1. The minimum atomic E-state index is -0.691. The number of amides is 1. The second-order valence-corrected chi connectivity index (χ2v) is 5.53. The largest absolute Gasteiger partial charge is 0.369 e. The average molecular weight is 314 g/mol. The number of hydrogen-bond acceptors (Lipinski definition) is 6. The zero-order chi connectivity index (χ0) is 15.5. The lowest BCUT2D eigenvalue weighted by Gasteiger charge is -2.34. The number of primary amides is 1. The summed E-state index contributed by atoms with van der Waals surface area (Å²) in [5.74, 6) is -0.385. The van der Waals surface area contributed by atoms with E-state index in [2.05, 4.69) is 15.3 Å². The molecular formula is C12H16ClN5O3. The molecule has 1 amide bonds. The van der Waals surface area contributed by atoms with Gasteiger partial charge in [-0.2, -0.15) is 4.98 Å². The SMILES string of the molecule is NC(=O)C1(CNc2nc(Cl)ncc2[N+](=O)[O-])CCCCC1. The van der Waals surface area contributed by atoms with Gasteiger partial charge in [0.1, 0.15) is 6.20 Å². The van der Waals surface area contributed by atoms with E-state index in [0.29, 0.717) is 12.8 Å². The molecule has 0 atom stereocenters. The number of aromatic nitrogens is 2. The van der Waals surface area contributed by atoms with Gasteiger partial charge in [0.2, 0.25) is 17.0 Å². The van der Waals surface area contributed by atoms with Crippen molar-refractivity contribution in [3.8, 4) is 0 Å². The van der Waals surface area contributed by atoms with Crippen LogP contribution in [0.15, 0.2) is 6.20 Å². The Bertz CT molecular complexity index is 560. The maximum atomic E-state index is 11.8. The van der Waals surface area contributed by atoms with E-state index in [9.17, 15) is 14.9 Å². The maximum absolute atomic E-state index is 11.8. The summed E-state index contributed by atoms with van der Waals surface area (Å²) in [5, 5.41) is 13.7. The summed E-state index contributed by atoms with van der Waals surface area (Å²) < 4.78 is 0. The molecule has 2 rings (SSSR count). The van der Waals surface area contributed by atoms with Crippen molar-refractivity contribution in [1.82, 2.24) is 9.97 Å². The molecule has 1 saturated carbocycles. The van der Waals surface area contributed by atoms with Gasteiger partial charge in [0.05, 0.1) is 10.3 Å². The van der Waals surface area contributed by atoms with E-state index < -0.39 is 16.2 Å². The lowest BCUT2D eigenvalue weighted by Crippen LogP contribution is -2.44. The second-order valence-electron chi connectivity index (χ2n) is 5.19. The topological polar surface area (TPSA) is 124 Å². The Morgan fingerprint density at radius 1 is 1.48 bits per heavy atom. The molecule has 21 heavy (non-hydrogen) atoms. The molecule has 1 aliphatic carbocycles. The Morgan fingerprint density at radius 2 is 2.14 bits per heavy atom. The van der Waals surface area contributed by atoms with Crippen molar-refractivity contribution in [3.63, 3.8) is 0 Å². The Labute approximate surface area is 126 Å². The molecule has 0 aliphatic heterocycles. The molecule has 1 aromatic rings. The average Bonchev–Trinajstić information content (AvgIpc) is 2.45. The third-order valence-corrected chi connectivity index (χ3v) is 4.05. The van der Waals surface area contributed by atoms with Crippen LogP contribution in [0.3, 0.4) is 0 Å². The van der Waals surface area contributed by atoms with Gasteiger partial charge in [0.25, 0.3) is 0 Å². The molecule has 0 unspecified atom stereocenters. The molecule has 1 aliphatic rings. The highest BCUT2D eigenvalue weighted by atomic mass is 35.5. The predicted octanol–water partition coefficient (Wildman–Crippen LogP) is 1.89. The van der Waals surface area contributed by atoms with E-state index in [1.807, 2.05) is 0 Å². The highest BCUT2D eigenvalue weighted by Gasteiger charge is 2.38. The summed E-state index contributed by atoms with van der Waals surface area (Å²) in [6.07, 6.45) is 5.27. The summed E-state index contributed by atoms with van der Waals surface area (Å²) in [7, 11) is 0. The number of halogens is 1. The minimum Gasteiger partial charge on any atom is -0.369 e. The van der Waals surface area contributed by atoms with Crippen LogP contribution in [0, 0.1) is 15.5 Å². The molecule has 8 nitrogen and oxygen atoms in total. The van der Waals surface area contributed by atoms with Crippen molar-refractivity contribution in [2.24, 2.45) is 11.1 Å². The first-order valence-corrected chi connectivity index (χ1v) is 7.03. The molecule has 1 aromatic heterocycles. The van der Waals surface area contributed by atoms with Crippen LogP contribution in [-0.2, 0) is 4.79 Å². The van der Waals surface area contributed by atoms with E-state index in [1.165, 1.54) is 0 Å². The van der Waals surface area contributed by atoms with Crippen molar-refractivity contribution >= 4 is 29.0 Å². The third-order valence-electron chi connectivity index (χ3n) is 3.86. The third kappa shape index (κ3) is 3.38. The zero-order valence-electron chi connectivity index (χ0n) is 11.3. The smallest absolute Gasteiger partial charge is 0.329 e. The summed E-state index contributed by atoms with van der Waals surface area (Å²) in [6.45, 7) is 0.205. The predicted molar refractivity (Wildman–Crippen MR) is 76.9 cm³/mol. The lowest BCUT2D eigenvalue weighted by molar-refractivity contribution is -0.384. The minimum absolute atomic E-state index is 0.00574. The standard InChI is InChI=1S/C12H16ClN5O3/c13-11-15-6-8(18(20)21)9(17-11)16-7-12(10(14)19)4-2-1-3-5-12/h6H,1-5,7H2,(H2,14,19)(H,15,16,17). The fraction of sp³-hybridized carbons (Fsp3) is 0.583. The van der Waals surface area contributed by atoms with Gasteiger partial charge in [0, 0.05) is 6.54 Å². The zero-order valence-corrected chi connectivity index (χ0v) is 12.1. The number of hydrogen-bond donors (Lipinski definition) is 2. The quantitative estimate of drug-likeness (QED) is 0.486. The van der Waals surface area contributed by atoms with Crippen LogP contribution in [0.4, 0.5) is 11.5 Å². The molecule has 0 spiro atoms. The van der Waals surface area contributed by atoms with Crippen LogP contribution in [0.5, 0.6) is 0 Å². The van der Waals surface area contributed by atoms with Crippen molar-refractivity contribution in [2.45, 2.75) is 32.1 Å². The Kier molecular flexibility index (Phi) is 4.56. The van der Waals surface area contributed by atoms with Crippen molar-refractivity contribution in [1.29, 1.82) is 0 Å². The highest BCUT2D eigenvalue weighted by Crippen LogP contribution is 2.36. The molecular weight excluding hydrogens is 298 g/mol. The number of nitro groups is 1. The normalized spacial score (nSPS) is 17.2. The van der Waals surface area contributed by atoms with Gasteiger partial charge in [0.15, 0.2) is 0 Å². The lowest BCUT2D eigenvalue weighted by atomic mass is 9.73. The van der Waals surface area contributed by atoms with Crippen LogP contribution in [0.25, 0.3) is 0 Å². The van der Waals surface area contributed by atoms with Gasteiger partial charge in [-0.15, -0.1) is 0 Å². The number of nitrogens with zero attached hydrogens (tertiary/aromatic N) is 3. The van der Waals surface area contributed by atoms with Crippen molar-refractivity contribution in [3.05, 3.63) is 21.6 Å². The molecule has 3 N–H and O–H groups in total. The first-order valence-electron chi connectivity index (χ1n) is 6.65. The fourth-order valence-corrected chi connectivity index (χ4v) is 2.74. The number of rotatable bonds is 5. The summed E-state index contributed by atoms with van der Waals surface area (Å²) in [4.78, 5) is 29.5. The number of anilines is 1. The van der Waals surface area contributed by atoms with Crippen molar-refractivity contribution in [2.75, 3.05) is 11.9 Å². The first-order chi connectivity index (χ1) is 9.94. The van der Waals surface area contributed by atoms with Gasteiger partial charge in [-0.1, -0.05) is 19.3 Å². The number of carbonyl (C=O) groups is 1. The van der Waals surface area contributed by atoms with E-state index >= 15 is 0 Å². The molecule has 0 bridgehead atoms. The fourth-order valence-electron chi connectivity index (χ4n) is 2.61. The Balaban J connectivity index is 2.19. The first kappa shape index (κ1) is 15.4. The molecule has 1 fully saturated rings. The second kappa shape index (κ2) is 6.21. The van der Waals surface area contributed by atoms with Gasteiger partial charge in [-0.25, -0.2) is 4.98 Å². The maximum Gasteiger partial charge on any atom is 0.329 e. The summed E-state index contributed by atoms with van der Waals surface area (Å²) in [6, 6.07) is 0. The van der Waals surface area contributed by atoms with Gasteiger partial charge in [-0.3, -0.25) is 14.9 Å². The molecule has 0 saturated heterocycles. The van der Waals surface area contributed by atoms with E-state index in [-0.39, 0.29) is 23.3 Å². The number of carbonyl (C=O) groups excluding carboxylic acids is 1. The monoisotopic (exact) mass is 313 g/mol. The Hall–Kier alpha value is -1.96. The molecule has 0 radical (unpaired) electrons. The van der Waals surface area contributed by atoms with E-state index in [1.54, 1.807) is 0 Å². The van der Waals surface area contributed by atoms with Crippen LogP contribution in [0.2, 0.25) is 5.28 Å². The highest BCUT2D eigenvalue weighted by molar-refractivity contribution is 6.28.